The van der Waals surface area contributed by atoms with Gasteiger partial charge in [0.1, 0.15) is 29.3 Å². The van der Waals surface area contributed by atoms with E-state index in [1.807, 2.05) is 76.2 Å². The Bertz CT molecular complexity index is 1340. The number of aryl methyl sites for hydroxylation is 2. The molecule has 0 spiro atoms. The van der Waals surface area contributed by atoms with Crippen LogP contribution in [0.25, 0.3) is 0 Å². The number of alkyl carbamates (subject to hydrolysis) is 1. The van der Waals surface area contributed by atoms with E-state index in [9.17, 15) is 19.2 Å². The number of nitrogens with one attached hydrogen (secondary N) is 2. The van der Waals surface area contributed by atoms with Gasteiger partial charge in [0.25, 0.3) is 0 Å². The predicted octanol–water partition coefficient (Wildman–Crippen LogP) is 6.37. The molecule has 0 heterocycles. The Morgan fingerprint density at radius 2 is 1.43 bits per heavy atom. The van der Waals surface area contributed by atoms with E-state index in [0.717, 1.165) is 16.7 Å². The second-order valence-corrected chi connectivity index (χ2v) is 13.8. The number of hydrogen-bond donors (Lipinski definition) is 2. The summed E-state index contributed by atoms with van der Waals surface area (Å²) < 4.78 is 11.2. The molecule has 0 aliphatic rings. The second-order valence-electron chi connectivity index (χ2n) is 13.8. The average molecular weight is 636 g/mol. The molecule has 0 saturated carbocycles. The van der Waals surface area contributed by atoms with Gasteiger partial charge in [-0.25, -0.2) is 9.59 Å². The lowest BCUT2D eigenvalue weighted by atomic mass is 9.91. The molecule has 2 rings (SSSR count). The van der Waals surface area contributed by atoms with Crippen molar-refractivity contribution < 1.29 is 28.7 Å². The van der Waals surface area contributed by atoms with Crippen molar-refractivity contribution in [2.24, 2.45) is 5.92 Å². The minimum atomic E-state index is -1.15. The van der Waals surface area contributed by atoms with Crippen LogP contribution in [-0.4, -0.2) is 58.6 Å². The minimum absolute atomic E-state index is 0.00339. The van der Waals surface area contributed by atoms with Crippen molar-refractivity contribution in [2.45, 2.75) is 111 Å². The van der Waals surface area contributed by atoms with Crippen LogP contribution in [0.4, 0.5) is 4.79 Å². The summed E-state index contributed by atoms with van der Waals surface area (Å²) in [6, 6.07) is 11.8. The molecule has 0 saturated heterocycles. The Morgan fingerprint density at radius 3 is 1.93 bits per heavy atom. The van der Waals surface area contributed by atoms with Crippen LogP contribution in [0.5, 0.6) is 0 Å². The molecule has 4 atom stereocenters. The largest absolute Gasteiger partial charge is 0.458 e. The van der Waals surface area contributed by atoms with Crippen LogP contribution in [0.1, 0.15) is 90.1 Å². The molecule has 2 aromatic rings. The lowest BCUT2D eigenvalue weighted by Crippen LogP contribution is -2.56. The van der Waals surface area contributed by atoms with Gasteiger partial charge in [-0.05, 0) is 83.6 Å². The van der Waals surface area contributed by atoms with E-state index in [2.05, 4.69) is 17.2 Å². The second kappa shape index (κ2) is 16.4. The normalized spacial score (nSPS) is 14.2. The quantitative estimate of drug-likeness (QED) is 0.195. The molecule has 0 bridgehead atoms. The molecule has 4 unspecified atom stereocenters. The highest BCUT2D eigenvalue weighted by molar-refractivity contribution is 5.94. The first kappa shape index (κ1) is 38.0. The third-order valence-corrected chi connectivity index (χ3v) is 7.43. The van der Waals surface area contributed by atoms with Gasteiger partial charge in [0.15, 0.2) is 0 Å². The summed E-state index contributed by atoms with van der Waals surface area (Å²) in [6.45, 7) is 21.9. The van der Waals surface area contributed by atoms with E-state index in [1.54, 1.807) is 47.6 Å². The lowest BCUT2D eigenvalue weighted by Gasteiger charge is -2.37. The van der Waals surface area contributed by atoms with Crippen molar-refractivity contribution in [3.05, 3.63) is 83.4 Å². The van der Waals surface area contributed by atoms with Crippen LogP contribution in [0, 0.1) is 19.8 Å². The number of rotatable bonds is 13. The fraction of sp³-hybridized carbons (Fsp3) is 0.514. The third kappa shape index (κ3) is 11.3. The Labute approximate surface area is 275 Å². The molecule has 252 valence electrons. The van der Waals surface area contributed by atoms with Gasteiger partial charge in [-0.3, -0.25) is 9.59 Å². The highest BCUT2D eigenvalue weighted by Gasteiger charge is 2.40. The molecule has 46 heavy (non-hydrogen) atoms. The van der Waals surface area contributed by atoms with Crippen LogP contribution in [0.2, 0.25) is 0 Å². The molecule has 2 N–H and O–H groups in total. The number of carbonyl (C=O) groups excluding carboxylic acids is 4. The number of amides is 3. The smallest absolute Gasteiger partial charge is 0.408 e. The topological polar surface area (TPSA) is 114 Å². The summed E-state index contributed by atoms with van der Waals surface area (Å²) in [7, 11) is 0. The van der Waals surface area contributed by atoms with Crippen molar-refractivity contribution in [1.82, 2.24) is 15.5 Å². The third-order valence-electron chi connectivity index (χ3n) is 7.43. The molecule has 9 heteroatoms. The van der Waals surface area contributed by atoms with Crippen molar-refractivity contribution in [3.63, 3.8) is 0 Å². The van der Waals surface area contributed by atoms with E-state index < -0.39 is 53.2 Å². The van der Waals surface area contributed by atoms with Gasteiger partial charge in [-0.15, -0.1) is 6.58 Å². The van der Waals surface area contributed by atoms with E-state index >= 15 is 0 Å². The Hall–Kier alpha value is -4.14. The van der Waals surface area contributed by atoms with Crippen molar-refractivity contribution in [2.75, 3.05) is 6.54 Å². The number of hydrogen-bond acceptors (Lipinski definition) is 6. The van der Waals surface area contributed by atoms with Crippen LogP contribution < -0.4 is 10.6 Å². The first-order valence-electron chi connectivity index (χ1n) is 15.9. The van der Waals surface area contributed by atoms with Crippen LogP contribution in [0.3, 0.4) is 0 Å². The number of esters is 1. The van der Waals surface area contributed by atoms with Gasteiger partial charge in [-0.2, -0.15) is 0 Å². The molecule has 0 aromatic heterocycles. The summed E-state index contributed by atoms with van der Waals surface area (Å²) in [6.07, 6.45) is 1.58. The van der Waals surface area contributed by atoms with Crippen LogP contribution >= 0.6 is 0 Å². The maximum absolute atomic E-state index is 14.6. The maximum Gasteiger partial charge on any atom is 0.408 e. The van der Waals surface area contributed by atoms with Gasteiger partial charge < -0.3 is 25.0 Å². The maximum atomic E-state index is 14.6. The van der Waals surface area contributed by atoms with E-state index in [-0.39, 0.29) is 18.9 Å². The van der Waals surface area contributed by atoms with Crippen molar-refractivity contribution in [3.8, 4) is 0 Å². The van der Waals surface area contributed by atoms with Gasteiger partial charge in [-0.1, -0.05) is 74.9 Å². The molecular weight excluding hydrogens is 582 g/mol. The zero-order valence-corrected chi connectivity index (χ0v) is 29.2. The Morgan fingerprint density at radius 1 is 0.870 bits per heavy atom. The lowest BCUT2D eigenvalue weighted by molar-refractivity contribution is -0.159. The monoisotopic (exact) mass is 635 g/mol. The number of ether oxygens (including phenoxy) is 2. The fourth-order valence-electron chi connectivity index (χ4n) is 5.11. The first-order valence-corrected chi connectivity index (χ1v) is 15.9. The summed E-state index contributed by atoms with van der Waals surface area (Å²) in [5.41, 5.74) is 1.48. The van der Waals surface area contributed by atoms with Crippen molar-refractivity contribution in [1.29, 1.82) is 0 Å². The highest BCUT2D eigenvalue weighted by Crippen LogP contribution is 2.30. The van der Waals surface area contributed by atoms with Gasteiger partial charge in [0.2, 0.25) is 11.8 Å². The zero-order chi connectivity index (χ0) is 34.8. The average Bonchev–Trinajstić information content (AvgIpc) is 2.94. The van der Waals surface area contributed by atoms with Gasteiger partial charge >= 0.3 is 12.1 Å². The number of benzene rings is 2. The molecule has 3 amide bonds. The number of carbonyl (C=O) groups is 4. The van der Waals surface area contributed by atoms with Crippen LogP contribution in [-0.2, 0) is 30.3 Å². The molecule has 0 aliphatic carbocycles. The standard InChI is InChI=1S/C37H53N3O6/c1-12-22-40(33(42)30(24(3)13-2)39-35(44)46-37(9,10)11)31(29-25(4)18-17-19-26(29)5)32(41)38-28(34(43)45-36(6,7)8)23-27-20-15-14-16-21-27/h12,14-21,24,28,30-31H,1,13,22-23H2,2-11H3,(H,38,41)(H,39,44). The summed E-state index contributed by atoms with van der Waals surface area (Å²) in [5, 5.41) is 5.70. The van der Waals surface area contributed by atoms with Crippen molar-refractivity contribution >= 4 is 23.9 Å². The Balaban J connectivity index is 2.67. The van der Waals surface area contributed by atoms with Gasteiger partial charge in [0, 0.05) is 13.0 Å². The predicted molar refractivity (Wildman–Crippen MR) is 181 cm³/mol. The minimum Gasteiger partial charge on any atom is -0.458 e. The van der Waals surface area contributed by atoms with E-state index in [0.29, 0.717) is 12.0 Å². The van der Waals surface area contributed by atoms with E-state index in [1.165, 1.54) is 4.90 Å². The van der Waals surface area contributed by atoms with Crippen LogP contribution in [0.15, 0.2) is 61.2 Å². The molecule has 9 nitrogen and oxygen atoms in total. The summed E-state index contributed by atoms with van der Waals surface area (Å²) >= 11 is 0. The first-order chi connectivity index (χ1) is 21.4. The highest BCUT2D eigenvalue weighted by atomic mass is 16.6. The molecule has 0 fully saturated rings. The summed E-state index contributed by atoms with van der Waals surface area (Å²) in [4.78, 5) is 56.9. The summed E-state index contributed by atoms with van der Waals surface area (Å²) in [5.74, 6) is -1.91. The molecule has 0 aliphatic heterocycles. The molecule has 0 radical (unpaired) electrons. The zero-order valence-electron chi connectivity index (χ0n) is 29.2. The molecule has 2 aromatic carbocycles. The Kier molecular flexibility index (Phi) is 13.6. The fourth-order valence-corrected chi connectivity index (χ4v) is 5.11. The molecular formula is C37H53N3O6. The SMILES string of the molecule is C=CCN(C(=O)C(NC(=O)OC(C)(C)C)C(C)CC)C(C(=O)NC(Cc1ccccc1)C(=O)OC(C)(C)C)c1c(C)cccc1C. The van der Waals surface area contributed by atoms with E-state index in [4.69, 9.17) is 9.47 Å². The van der Waals surface area contributed by atoms with Gasteiger partial charge in [0.05, 0.1) is 0 Å². The number of nitrogens with zero attached hydrogens (tertiary/aromatic N) is 1.